The van der Waals surface area contributed by atoms with E-state index in [9.17, 15) is 4.79 Å². The summed E-state index contributed by atoms with van der Waals surface area (Å²) < 4.78 is 0. The van der Waals surface area contributed by atoms with E-state index < -0.39 is 0 Å². The first-order valence-electron chi connectivity index (χ1n) is 5.91. The summed E-state index contributed by atoms with van der Waals surface area (Å²) in [5.74, 6) is -0.270. The summed E-state index contributed by atoms with van der Waals surface area (Å²) in [5, 5.41) is 2.90. The highest BCUT2D eigenvalue weighted by Gasteiger charge is 2.32. The smallest absolute Gasteiger partial charge is 0.236 e. The highest BCUT2D eigenvalue weighted by molar-refractivity contribution is 6.10. The second-order valence-electron chi connectivity index (χ2n) is 4.40. The predicted octanol–water partition coefficient (Wildman–Crippen LogP) is 3.44. The molecule has 88 valence electrons. The lowest BCUT2D eigenvalue weighted by atomic mass is 9.89. The van der Waals surface area contributed by atoms with Gasteiger partial charge in [0.25, 0.3) is 0 Å². The van der Waals surface area contributed by atoms with Crippen LogP contribution in [-0.2, 0) is 4.79 Å². The van der Waals surface area contributed by atoms with Crippen molar-refractivity contribution < 1.29 is 4.79 Å². The number of rotatable bonds is 2. The number of benzene rings is 2. The van der Waals surface area contributed by atoms with Gasteiger partial charge >= 0.3 is 0 Å². The number of nitrogens with one attached hydrogen (secondary N) is 1. The number of amides is 1. The molecule has 0 spiro atoms. The summed E-state index contributed by atoms with van der Waals surface area (Å²) in [7, 11) is 0. The van der Waals surface area contributed by atoms with E-state index in [-0.39, 0.29) is 11.8 Å². The Balaban J connectivity index is 2.03. The molecule has 2 aromatic carbocycles. The number of anilines is 1. The van der Waals surface area contributed by atoms with Crippen LogP contribution in [0, 0.1) is 0 Å². The SMILES string of the molecule is C=C(c1ccccc1)[C@H]1C(=O)Nc2ccccc21. The Hall–Kier alpha value is -2.35. The molecule has 2 aromatic rings. The summed E-state index contributed by atoms with van der Waals surface area (Å²) >= 11 is 0. The fourth-order valence-electron chi connectivity index (χ4n) is 2.37. The van der Waals surface area contributed by atoms with Gasteiger partial charge in [-0.3, -0.25) is 4.79 Å². The quantitative estimate of drug-likeness (QED) is 0.848. The van der Waals surface area contributed by atoms with Gasteiger partial charge in [-0.05, 0) is 22.8 Å². The van der Waals surface area contributed by atoms with Crippen molar-refractivity contribution in [3.63, 3.8) is 0 Å². The van der Waals surface area contributed by atoms with Crippen molar-refractivity contribution in [1.29, 1.82) is 0 Å². The molecule has 1 atom stereocenters. The highest BCUT2D eigenvalue weighted by Crippen LogP contribution is 2.40. The van der Waals surface area contributed by atoms with E-state index in [1.165, 1.54) is 0 Å². The maximum absolute atomic E-state index is 12.1. The maximum Gasteiger partial charge on any atom is 0.236 e. The maximum atomic E-state index is 12.1. The van der Waals surface area contributed by atoms with Crippen LogP contribution in [0.3, 0.4) is 0 Å². The van der Waals surface area contributed by atoms with Crippen molar-refractivity contribution in [1.82, 2.24) is 0 Å². The van der Waals surface area contributed by atoms with Crippen LogP contribution in [-0.4, -0.2) is 5.91 Å². The zero-order valence-electron chi connectivity index (χ0n) is 9.89. The number of hydrogen-bond donors (Lipinski definition) is 1. The largest absolute Gasteiger partial charge is 0.325 e. The van der Waals surface area contributed by atoms with E-state index in [1.807, 2.05) is 54.6 Å². The molecule has 0 bridgehead atoms. The average Bonchev–Trinajstić information content (AvgIpc) is 2.75. The summed E-state index contributed by atoms with van der Waals surface area (Å²) in [5.41, 5.74) is 3.76. The number of fused-ring (bicyclic) bond motifs is 1. The van der Waals surface area contributed by atoms with Gasteiger partial charge in [0.15, 0.2) is 0 Å². The molecule has 0 fully saturated rings. The first-order valence-corrected chi connectivity index (χ1v) is 5.91. The van der Waals surface area contributed by atoms with Crippen LogP contribution < -0.4 is 5.32 Å². The zero-order valence-corrected chi connectivity index (χ0v) is 9.89. The molecule has 0 saturated heterocycles. The van der Waals surface area contributed by atoms with E-state index >= 15 is 0 Å². The molecule has 0 unspecified atom stereocenters. The molecule has 1 heterocycles. The van der Waals surface area contributed by atoms with E-state index in [0.29, 0.717) is 0 Å². The van der Waals surface area contributed by atoms with Gasteiger partial charge in [0.05, 0.1) is 5.92 Å². The molecule has 2 heteroatoms. The van der Waals surface area contributed by atoms with Gasteiger partial charge in [0, 0.05) is 5.69 Å². The van der Waals surface area contributed by atoms with Crippen molar-refractivity contribution in [2.45, 2.75) is 5.92 Å². The molecular weight excluding hydrogens is 222 g/mol. The molecule has 1 N–H and O–H groups in total. The standard InChI is InChI=1S/C16H13NO/c1-11(12-7-3-2-4-8-12)15-13-9-5-6-10-14(13)17-16(15)18/h2-10,15H,1H2,(H,17,18)/t15-/m1/s1. The first kappa shape index (κ1) is 10.8. The molecule has 2 nitrogen and oxygen atoms in total. The van der Waals surface area contributed by atoms with Gasteiger partial charge in [-0.1, -0.05) is 55.1 Å². The molecular formula is C16H13NO. The van der Waals surface area contributed by atoms with Crippen molar-refractivity contribution in [3.8, 4) is 0 Å². The average molecular weight is 235 g/mol. The summed E-state index contributed by atoms with van der Waals surface area (Å²) in [6.45, 7) is 4.10. The van der Waals surface area contributed by atoms with Crippen LogP contribution in [0.15, 0.2) is 61.2 Å². The van der Waals surface area contributed by atoms with Crippen LogP contribution in [0.4, 0.5) is 5.69 Å². The third-order valence-corrected chi connectivity index (χ3v) is 3.28. The summed E-state index contributed by atoms with van der Waals surface area (Å²) in [6, 6.07) is 17.6. The minimum absolute atomic E-state index is 0.00468. The van der Waals surface area contributed by atoms with Crippen LogP contribution >= 0.6 is 0 Å². The van der Waals surface area contributed by atoms with E-state index in [4.69, 9.17) is 0 Å². The van der Waals surface area contributed by atoms with Crippen molar-refractivity contribution in [3.05, 3.63) is 72.3 Å². The monoisotopic (exact) mass is 235 g/mol. The Labute approximate surface area is 106 Å². The minimum Gasteiger partial charge on any atom is -0.325 e. The summed E-state index contributed by atoms with van der Waals surface area (Å²) in [6.07, 6.45) is 0. The summed E-state index contributed by atoms with van der Waals surface area (Å²) in [4.78, 5) is 12.1. The van der Waals surface area contributed by atoms with Crippen molar-refractivity contribution >= 4 is 17.2 Å². The van der Waals surface area contributed by atoms with Gasteiger partial charge < -0.3 is 5.32 Å². The third kappa shape index (κ3) is 1.63. The normalized spacial score (nSPS) is 17.1. The Morgan fingerprint density at radius 3 is 2.44 bits per heavy atom. The van der Waals surface area contributed by atoms with Crippen LogP contribution in [0.25, 0.3) is 5.57 Å². The van der Waals surface area contributed by atoms with Gasteiger partial charge in [-0.2, -0.15) is 0 Å². The van der Waals surface area contributed by atoms with Crippen LogP contribution in [0.1, 0.15) is 17.0 Å². The predicted molar refractivity (Wildman–Crippen MR) is 73.3 cm³/mol. The molecule has 1 amide bonds. The van der Waals surface area contributed by atoms with Gasteiger partial charge in [0.1, 0.15) is 0 Å². The lowest BCUT2D eigenvalue weighted by molar-refractivity contribution is -0.115. The first-order chi connectivity index (χ1) is 8.77. The number of carbonyl (C=O) groups excluding carboxylic acids is 1. The lowest BCUT2D eigenvalue weighted by Gasteiger charge is -2.12. The van der Waals surface area contributed by atoms with Gasteiger partial charge in [0.2, 0.25) is 5.91 Å². The van der Waals surface area contributed by atoms with Crippen molar-refractivity contribution in [2.75, 3.05) is 5.32 Å². The number of carbonyl (C=O) groups is 1. The third-order valence-electron chi connectivity index (χ3n) is 3.28. The Bertz CT molecular complexity index is 616. The molecule has 0 saturated carbocycles. The number of para-hydroxylation sites is 1. The minimum atomic E-state index is -0.274. The topological polar surface area (TPSA) is 29.1 Å². The Morgan fingerprint density at radius 2 is 1.67 bits per heavy atom. The molecule has 1 aliphatic rings. The molecule has 0 aliphatic carbocycles. The second-order valence-corrected chi connectivity index (χ2v) is 4.40. The number of hydrogen-bond acceptors (Lipinski definition) is 1. The van der Waals surface area contributed by atoms with Crippen molar-refractivity contribution in [2.24, 2.45) is 0 Å². The molecule has 18 heavy (non-hydrogen) atoms. The lowest BCUT2D eigenvalue weighted by Crippen LogP contribution is -2.13. The Morgan fingerprint density at radius 1 is 1.00 bits per heavy atom. The molecule has 0 radical (unpaired) electrons. The van der Waals surface area contributed by atoms with E-state index in [1.54, 1.807) is 0 Å². The highest BCUT2D eigenvalue weighted by atomic mass is 16.2. The molecule has 3 rings (SSSR count). The second kappa shape index (κ2) is 4.15. The molecule has 0 aromatic heterocycles. The fourth-order valence-corrected chi connectivity index (χ4v) is 2.37. The van der Waals surface area contributed by atoms with Gasteiger partial charge in [-0.25, -0.2) is 0 Å². The zero-order chi connectivity index (χ0) is 12.5. The van der Waals surface area contributed by atoms with Crippen LogP contribution in [0.2, 0.25) is 0 Å². The fraction of sp³-hybridized carbons (Fsp3) is 0.0625. The van der Waals surface area contributed by atoms with E-state index in [0.717, 1.165) is 22.4 Å². The van der Waals surface area contributed by atoms with Gasteiger partial charge in [-0.15, -0.1) is 0 Å². The van der Waals surface area contributed by atoms with Crippen LogP contribution in [0.5, 0.6) is 0 Å². The van der Waals surface area contributed by atoms with E-state index in [2.05, 4.69) is 11.9 Å². The molecule has 1 aliphatic heterocycles. The Kier molecular flexibility index (Phi) is 2.49.